The molecule has 18 heavy (non-hydrogen) atoms. The third-order valence-corrected chi connectivity index (χ3v) is 3.89. The number of aromatic nitrogens is 2. The molecule has 0 bridgehead atoms. The molecule has 0 spiro atoms. The van der Waals surface area contributed by atoms with E-state index < -0.39 is 0 Å². The first-order chi connectivity index (χ1) is 8.65. The highest BCUT2D eigenvalue weighted by Gasteiger charge is 2.19. The van der Waals surface area contributed by atoms with Crippen molar-refractivity contribution in [1.29, 1.82) is 0 Å². The van der Waals surface area contributed by atoms with Crippen LogP contribution >= 0.6 is 15.9 Å². The molecular formula is C12H13BrFN3O. The van der Waals surface area contributed by atoms with Gasteiger partial charge in [0, 0.05) is 25.1 Å². The molecule has 2 N–H and O–H groups in total. The molecule has 1 aromatic carbocycles. The van der Waals surface area contributed by atoms with Crippen LogP contribution in [0.5, 0.6) is 0 Å². The molecule has 1 unspecified atom stereocenters. The van der Waals surface area contributed by atoms with Crippen molar-refractivity contribution in [2.45, 2.75) is 13.0 Å². The summed E-state index contributed by atoms with van der Waals surface area (Å²) in [5.74, 6) is 0.555. The molecule has 2 heterocycles. The van der Waals surface area contributed by atoms with Gasteiger partial charge in [0.1, 0.15) is 5.82 Å². The molecule has 4 nitrogen and oxygen atoms in total. The van der Waals surface area contributed by atoms with Crippen LogP contribution in [0.25, 0.3) is 11.0 Å². The summed E-state index contributed by atoms with van der Waals surface area (Å²) in [7, 11) is 0. The van der Waals surface area contributed by atoms with E-state index in [4.69, 9.17) is 10.5 Å². The molecule has 1 aliphatic rings. The molecule has 1 aromatic heterocycles. The maximum absolute atomic E-state index is 13.4. The van der Waals surface area contributed by atoms with Gasteiger partial charge in [-0.05, 0) is 28.4 Å². The van der Waals surface area contributed by atoms with Crippen molar-refractivity contribution < 1.29 is 9.13 Å². The van der Waals surface area contributed by atoms with Crippen LogP contribution in [-0.2, 0) is 11.3 Å². The van der Waals surface area contributed by atoms with Gasteiger partial charge >= 0.3 is 0 Å². The predicted octanol–water partition coefficient (Wildman–Crippen LogP) is 2.56. The summed E-state index contributed by atoms with van der Waals surface area (Å²) >= 11 is 3.19. The van der Waals surface area contributed by atoms with Gasteiger partial charge in [-0.3, -0.25) is 0 Å². The summed E-state index contributed by atoms with van der Waals surface area (Å²) in [6.07, 6.45) is 1.03. The van der Waals surface area contributed by atoms with E-state index in [0.29, 0.717) is 21.9 Å². The number of anilines is 1. The molecule has 0 saturated carbocycles. The summed E-state index contributed by atoms with van der Waals surface area (Å²) < 4.78 is 21.2. The molecule has 6 heteroatoms. The second-order valence-electron chi connectivity index (χ2n) is 4.57. The first-order valence-electron chi connectivity index (χ1n) is 5.83. The fourth-order valence-corrected chi connectivity index (χ4v) is 2.65. The highest BCUT2D eigenvalue weighted by Crippen LogP contribution is 2.27. The summed E-state index contributed by atoms with van der Waals surface area (Å²) in [4.78, 5) is 4.20. The number of hydrogen-bond donors (Lipinski definition) is 1. The zero-order chi connectivity index (χ0) is 12.7. The molecule has 2 aromatic rings. The summed E-state index contributed by atoms with van der Waals surface area (Å²) in [5.41, 5.74) is 7.35. The number of nitrogens with zero attached hydrogens (tertiary/aromatic N) is 2. The molecular weight excluding hydrogens is 301 g/mol. The molecule has 0 aliphatic carbocycles. The SMILES string of the molecule is Nc1nc2cc(F)c(Br)cc2n1CC1CCOC1. The van der Waals surface area contributed by atoms with E-state index in [1.807, 2.05) is 4.57 Å². The van der Waals surface area contributed by atoms with Crippen LogP contribution in [0.1, 0.15) is 6.42 Å². The molecule has 1 fully saturated rings. The molecule has 0 radical (unpaired) electrons. The summed E-state index contributed by atoms with van der Waals surface area (Å²) in [5, 5.41) is 0. The summed E-state index contributed by atoms with van der Waals surface area (Å²) in [6, 6.07) is 3.13. The van der Waals surface area contributed by atoms with Gasteiger partial charge in [-0.15, -0.1) is 0 Å². The van der Waals surface area contributed by atoms with E-state index in [2.05, 4.69) is 20.9 Å². The smallest absolute Gasteiger partial charge is 0.201 e. The van der Waals surface area contributed by atoms with E-state index >= 15 is 0 Å². The molecule has 3 rings (SSSR count). The van der Waals surface area contributed by atoms with Gasteiger partial charge in [0.15, 0.2) is 0 Å². The lowest BCUT2D eigenvalue weighted by molar-refractivity contribution is 0.183. The third-order valence-electron chi connectivity index (χ3n) is 3.28. The van der Waals surface area contributed by atoms with Crippen molar-refractivity contribution >= 4 is 32.9 Å². The fraction of sp³-hybridized carbons (Fsp3) is 0.417. The lowest BCUT2D eigenvalue weighted by Crippen LogP contribution is -2.12. The standard InChI is InChI=1S/C12H13BrFN3O/c13-8-3-11-10(4-9(8)14)16-12(15)17(11)5-7-1-2-18-6-7/h3-4,7H,1-2,5-6H2,(H2,15,16). The maximum atomic E-state index is 13.4. The number of ether oxygens (including phenoxy) is 1. The normalized spacial score (nSPS) is 19.8. The Balaban J connectivity index is 2.04. The van der Waals surface area contributed by atoms with Gasteiger partial charge in [-0.25, -0.2) is 9.37 Å². The van der Waals surface area contributed by atoms with Crippen LogP contribution < -0.4 is 5.73 Å². The number of benzene rings is 1. The number of hydrogen-bond acceptors (Lipinski definition) is 3. The van der Waals surface area contributed by atoms with Gasteiger partial charge in [-0.2, -0.15) is 0 Å². The second kappa shape index (κ2) is 4.51. The van der Waals surface area contributed by atoms with Crippen molar-refractivity contribution in [2.24, 2.45) is 5.92 Å². The van der Waals surface area contributed by atoms with Crippen molar-refractivity contribution in [1.82, 2.24) is 9.55 Å². The molecule has 1 atom stereocenters. The minimum atomic E-state index is -0.323. The van der Waals surface area contributed by atoms with Crippen LogP contribution in [0.15, 0.2) is 16.6 Å². The minimum absolute atomic E-state index is 0.323. The number of halogens is 2. The first kappa shape index (κ1) is 11.9. The van der Waals surface area contributed by atoms with E-state index in [-0.39, 0.29) is 5.82 Å². The lowest BCUT2D eigenvalue weighted by atomic mass is 10.1. The second-order valence-corrected chi connectivity index (χ2v) is 5.42. The van der Waals surface area contributed by atoms with Crippen molar-refractivity contribution in [2.75, 3.05) is 18.9 Å². The van der Waals surface area contributed by atoms with Crippen LogP contribution in [0, 0.1) is 11.7 Å². The van der Waals surface area contributed by atoms with Crippen molar-refractivity contribution in [3.8, 4) is 0 Å². The Bertz CT molecular complexity index is 593. The number of fused-ring (bicyclic) bond motifs is 1. The van der Waals surface area contributed by atoms with Gasteiger partial charge in [-0.1, -0.05) is 0 Å². The van der Waals surface area contributed by atoms with E-state index in [1.54, 1.807) is 6.07 Å². The van der Waals surface area contributed by atoms with Crippen LogP contribution in [0.2, 0.25) is 0 Å². The summed E-state index contributed by atoms with van der Waals surface area (Å²) in [6.45, 7) is 2.32. The maximum Gasteiger partial charge on any atom is 0.201 e. The van der Waals surface area contributed by atoms with Gasteiger partial charge in [0.05, 0.1) is 22.1 Å². The quantitative estimate of drug-likeness (QED) is 0.927. The Kier molecular flexibility index (Phi) is 2.99. The molecule has 96 valence electrons. The number of nitrogens with two attached hydrogens (primary N) is 1. The number of rotatable bonds is 2. The van der Waals surface area contributed by atoms with Gasteiger partial charge < -0.3 is 15.0 Å². The zero-order valence-electron chi connectivity index (χ0n) is 9.70. The van der Waals surface area contributed by atoms with Crippen LogP contribution in [-0.4, -0.2) is 22.8 Å². The Morgan fingerprint density at radius 2 is 2.39 bits per heavy atom. The highest BCUT2D eigenvalue weighted by atomic mass is 79.9. The van der Waals surface area contributed by atoms with Gasteiger partial charge in [0.25, 0.3) is 0 Å². The first-order valence-corrected chi connectivity index (χ1v) is 6.63. The monoisotopic (exact) mass is 313 g/mol. The Morgan fingerprint density at radius 1 is 1.56 bits per heavy atom. The highest BCUT2D eigenvalue weighted by molar-refractivity contribution is 9.10. The largest absolute Gasteiger partial charge is 0.381 e. The van der Waals surface area contributed by atoms with Crippen molar-refractivity contribution in [3.63, 3.8) is 0 Å². The molecule has 1 aliphatic heterocycles. The number of imidazole rings is 1. The average molecular weight is 314 g/mol. The van der Waals surface area contributed by atoms with E-state index in [0.717, 1.165) is 31.7 Å². The Hall–Kier alpha value is -1.14. The third kappa shape index (κ3) is 1.99. The van der Waals surface area contributed by atoms with Crippen molar-refractivity contribution in [3.05, 3.63) is 22.4 Å². The van der Waals surface area contributed by atoms with Gasteiger partial charge in [0.2, 0.25) is 5.95 Å². The fourth-order valence-electron chi connectivity index (χ4n) is 2.32. The minimum Gasteiger partial charge on any atom is -0.381 e. The molecule has 0 amide bonds. The molecule has 1 saturated heterocycles. The van der Waals surface area contributed by atoms with Crippen LogP contribution in [0.3, 0.4) is 0 Å². The number of nitrogen functional groups attached to an aromatic ring is 1. The Morgan fingerprint density at radius 3 is 3.11 bits per heavy atom. The predicted molar refractivity (Wildman–Crippen MR) is 70.7 cm³/mol. The Labute approximate surface area is 112 Å². The van der Waals surface area contributed by atoms with E-state index in [9.17, 15) is 4.39 Å². The van der Waals surface area contributed by atoms with Crippen LogP contribution in [0.4, 0.5) is 10.3 Å². The topological polar surface area (TPSA) is 53.1 Å². The lowest BCUT2D eigenvalue weighted by Gasteiger charge is -2.11. The van der Waals surface area contributed by atoms with E-state index in [1.165, 1.54) is 6.07 Å². The average Bonchev–Trinajstić information content (AvgIpc) is 2.92. The zero-order valence-corrected chi connectivity index (χ0v) is 11.3.